The van der Waals surface area contributed by atoms with Crippen LogP contribution in [0.3, 0.4) is 0 Å². The highest BCUT2D eigenvalue weighted by atomic mass is 16.4. The van der Waals surface area contributed by atoms with Crippen LogP contribution < -0.4 is 5.32 Å². The fourth-order valence-electron chi connectivity index (χ4n) is 1.44. The van der Waals surface area contributed by atoms with Crippen molar-refractivity contribution in [2.24, 2.45) is 0 Å². The lowest BCUT2D eigenvalue weighted by Crippen LogP contribution is -2.49. The van der Waals surface area contributed by atoms with Crippen molar-refractivity contribution in [3.05, 3.63) is 24.3 Å². The van der Waals surface area contributed by atoms with Gasteiger partial charge in [-0.1, -0.05) is 24.3 Å². The van der Waals surface area contributed by atoms with Crippen LogP contribution in [-0.4, -0.2) is 42.8 Å². The van der Waals surface area contributed by atoms with Crippen LogP contribution in [0.1, 0.15) is 6.92 Å². The van der Waals surface area contributed by atoms with Gasteiger partial charge < -0.3 is 0 Å². The van der Waals surface area contributed by atoms with Crippen molar-refractivity contribution in [3.63, 3.8) is 0 Å². The Kier molecular flexibility index (Phi) is 5.20. The van der Waals surface area contributed by atoms with E-state index in [0.29, 0.717) is 13.1 Å². The highest BCUT2D eigenvalue weighted by molar-refractivity contribution is 5.99. The maximum absolute atomic E-state index is 10.5. The standard InChI is InChI=1S/C6H4.C5H8N2O2.C2H3O2/c1-2-6-4-3-5(1)6;1-7-2-4(8)6-5(9)3-7;1-2(3)4/h1-4H;2-3H2,1H3,(H,6,8,9);1H3. The minimum Gasteiger partial charge on any atom is -0.294 e. The molecule has 101 valence electrons. The zero-order chi connectivity index (χ0) is 14.4. The number of hydrogen-bond donors (Lipinski definition) is 1. The summed E-state index contributed by atoms with van der Waals surface area (Å²) >= 11 is 0. The number of piperazine rings is 1. The topological polar surface area (TPSA) is 86.4 Å². The molecule has 3 aliphatic rings. The Morgan fingerprint density at radius 1 is 1.05 bits per heavy atom. The zero-order valence-electron chi connectivity index (χ0n) is 10.8. The van der Waals surface area contributed by atoms with Gasteiger partial charge in [0.05, 0.1) is 13.1 Å². The Labute approximate surface area is 111 Å². The number of benzene rings is 1. The summed E-state index contributed by atoms with van der Waals surface area (Å²) in [6, 6.07) is 8.48. The molecule has 0 atom stereocenters. The van der Waals surface area contributed by atoms with Gasteiger partial charge in [0.15, 0.2) is 0 Å². The van der Waals surface area contributed by atoms with Crippen LogP contribution in [0.4, 0.5) is 0 Å². The van der Waals surface area contributed by atoms with E-state index in [1.165, 1.54) is 11.1 Å². The van der Waals surface area contributed by atoms with Gasteiger partial charge in [0.25, 0.3) is 0 Å². The predicted octanol–water partition coefficient (Wildman–Crippen LogP) is 0.205. The van der Waals surface area contributed by atoms with Crippen LogP contribution in [-0.2, 0) is 19.5 Å². The van der Waals surface area contributed by atoms with Gasteiger partial charge in [-0.2, -0.15) is 0 Å². The number of imide groups is 1. The Balaban J connectivity index is 0.000000156. The third-order valence-electron chi connectivity index (χ3n) is 2.32. The van der Waals surface area contributed by atoms with Crippen LogP contribution >= 0.6 is 0 Å². The number of amides is 2. The van der Waals surface area contributed by atoms with Crippen molar-refractivity contribution in [2.45, 2.75) is 6.92 Å². The van der Waals surface area contributed by atoms with E-state index >= 15 is 0 Å². The highest BCUT2D eigenvalue weighted by Crippen LogP contribution is 2.29. The maximum Gasteiger partial charge on any atom is 0.352 e. The molecule has 1 fully saturated rings. The Morgan fingerprint density at radius 2 is 1.37 bits per heavy atom. The number of fused-ring (bicyclic) bond motifs is 1. The molecule has 0 spiro atoms. The SMILES string of the molecule is CC([O])=O.CN1CC(=O)NC(=O)C1.c1cc2ccc1-2. The molecule has 0 unspecified atom stereocenters. The highest BCUT2D eigenvalue weighted by Gasteiger charge is 2.18. The Hall–Kier alpha value is -2.21. The van der Waals surface area contributed by atoms with Crippen molar-refractivity contribution < 1.29 is 19.5 Å². The van der Waals surface area contributed by atoms with Crippen molar-refractivity contribution in [2.75, 3.05) is 20.1 Å². The predicted molar refractivity (Wildman–Crippen MR) is 67.5 cm³/mol. The molecule has 1 radical (unpaired) electrons. The minimum absolute atomic E-state index is 0.214. The third kappa shape index (κ3) is 5.31. The number of rotatable bonds is 0. The molecule has 0 aromatic rings. The summed E-state index contributed by atoms with van der Waals surface area (Å²) in [4.78, 5) is 31.6. The fourth-order valence-corrected chi connectivity index (χ4v) is 1.44. The van der Waals surface area contributed by atoms with Gasteiger partial charge >= 0.3 is 5.97 Å². The lowest BCUT2D eigenvalue weighted by Gasteiger charge is -2.19. The molecule has 1 aliphatic heterocycles. The average Bonchev–Trinajstić information content (AvgIpc) is 2.21. The zero-order valence-corrected chi connectivity index (χ0v) is 10.8. The van der Waals surface area contributed by atoms with Gasteiger partial charge in [-0.3, -0.25) is 19.8 Å². The van der Waals surface area contributed by atoms with E-state index in [-0.39, 0.29) is 11.8 Å². The minimum atomic E-state index is -1.08. The van der Waals surface area contributed by atoms with Crippen molar-refractivity contribution in [1.29, 1.82) is 0 Å². The molecule has 2 amide bonds. The number of carbonyl (C=O) groups excluding carboxylic acids is 3. The number of hydrogen-bond acceptors (Lipinski definition) is 4. The third-order valence-corrected chi connectivity index (χ3v) is 2.32. The van der Waals surface area contributed by atoms with Gasteiger partial charge in [-0.25, -0.2) is 9.90 Å². The molecule has 1 saturated heterocycles. The quantitative estimate of drug-likeness (QED) is 0.688. The van der Waals surface area contributed by atoms with Crippen LogP contribution in [0.15, 0.2) is 24.3 Å². The van der Waals surface area contributed by atoms with E-state index in [0.717, 1.165) is 6.92 Å². The summed E-state index contributed by atoms with van der Waals surface area (Å²) in [7, 11) is 1.73. The van der Waals surface area contributed by atoms with E-state index in [9.17, 15) is 9.59 Å². The summed E-state index contributed by atoms with van der Waals surface area (Å²) in [5, 5.41) is 11.1. The number of nitrogens with zero attached hydrogens (tertiary/aromatic N) is 1. The normalized spacial score (nSPS) is 15.3. The summed E-state index contributed by atoms with van der Waals surface area (Å²) in [6.45, 7) is 1.62. The van der Waals surface area contributed by atoms with Gasteiger partial charge in [-0.05, 0) is 18.2 Å². The molecular weight excluding hydrogens is 248 g/mol. The van der Waals surface area contributed by atoms with Crippen LogP contribution in [0.5, 0.6) is 0 Å². The molecule has 6 heteroatoms. The first-order valence-corrected chi connectivity index (χ1v) is 5.67. The largest absolute Gasteiger partial charge is 0.352 e. The van der Waals surface area contributed by atoms with Gasteiger partial charge in [0, 0.05) is 6.92 Å². The molecule has 6 nitrogen and oxygen atoms in total. The number of nitrogens with one attached hydrogen (secondary N) is 1. The maximum atomic E-state index is 10.5. The summed E-state index contributed by atoms with van der Waals surface area (Å²) in [6.07, 6.45) is 0. The smallest absolute Gasteiger partial charge is 0.294 e. The first-order valence-electron chi connectivity index (χ1n) is 5.67. The van der Waals surface area contributed by atoms with Crippen LogP contribution in [0.25, 0.3) is 11.1 Å². The molecule has 0 aromatic heterocycles. The lowest BCUT2D eigenvalue weighted by molar-refractivity contribution is -0.140. The van der Waals surface area contributed by atoms with Crippen LogP contribution in [0, 0.1) is 0 Å². The second-order valence-corrected chi connectivity index (χ2v) is 4.21. The summed E-state index contributed by atoms with van der Waals surface area (Å²) in [5.41, 5.74) is 2.85. The van der Waals surface area contributed by atoms with Gasteiger partial charge in [-0.15, -0.1) is 0 Å². The Bertz CT molecular complexity index is 441. The first-order chi connectivity index (χ1) is 8.88. The Morgan fingerprint density at radius 3 is 1.53 bits per heavy atom. The summed E-state index contributed by atoms with van der Waals surface area (Å²) < 4.78 is 0. The van der Waals surface area contributed by atoms with Gasteiger partial charge in [0.1, 0.15) is 0 Å². The molecule has 19 heavy (non-hydrogen) atoms. The van der Waals surface area contributed by atoms with Crippen molar-refractivity contribution in [3.8, 4) is 11.1 Å². The van der Waals surface area contributed by atoms with Crippen molar-refractivity contribution >= 4 is 17.8 Å². The molecule has 0 bridgehead atoms. The molecule has 1 heterocycles. The second-order valence-electron chi connectivity index (χ2n) is 4.21. The van der Waals surface area contributed by atoms with E-state index < -0.39 is 5.97 Å². The van der Waals surface area contributed by atoms with Crippen LogP contribution in [0.2, 0.25) is 0 Å². The number of carbonyl (C=O) groups is 3. The number of likely N-dealkylation sites (N-methyl/N-ethyl adjacent to an activating group) is 1. The molecule has 3 rings (SSSR count). The molecular formula is C13H15N2O4. The monoisotopic (exact) mass is 263 g/mol. The second kappa shape index (κ2) is 6.65. The average molecular weight is 263 g/mol. The summed E-state index contributed by atoms with van der Waals surface area (Å²) in [5.74, 6) is -1.51. The fraction of sp³-hybridized carbons (Fsp3) is 0.308. The van der Waals surface area contributed by atoms with E-state index in [2.05, 4.69) is 29.6 Å². The molecule has 0 saturated carbocycles. The lowest BCUT2D eigenvalue weighted by atomic mass is 9.95. The van der Waals surface area contributed by atoms with E-state index in [1.807, 2.05) is 0 Å². The first kappa shape index (κ1) is 14.8. The molecule has 1 N–H and O–H groups in total. The molecule has 2 aliphatic carbocycles. The van der Waals surface area contributed by atoms with Gasteiger partial charge in [0.2, 0.25) is 11.8 Å². The van der Waals surface area contributed by atoms with E-state index in [1.54, 1.807) is 11.9 Å². The van der Waals surface area contributed by atoms with Crippen molar-refractivity contribution in [1.82, 2.24) is 10.2 Å². The molecule has 0 aromatic carbocycles. The van der Waals surface area contributed by atoms with E-state index in [4.69, 9.17) is 9.90 Å².